The molecule has 0 aromatic heterocycles. The van der Waals surface area contributed by atoms with Gasteiger partial charge >= 0.3 is 0 Å². The van der Waals surface area contributed by atoms with Crippen LogP contribution in [0.1, 0.15) is 0 Å². The summed E-state index contributed by atoms with van der Waals surface area (Å²) in [6, 6.07) is 0. The largest absolute Gasteiger partial charge is 0.153 e. The zero-order valence-corrected chi connectivity index (χ0v) is 6.49. The van der Waals surface area contributed by atoms with Crippen LogP contribution in [0, 0.1) is 0 Å². The zero-order valence-electron chi connectivity index (χ0n) is 1.77. The minimum absolute atomic E-state index is 0. The van der Waals surface area contributed by atoms with Crippen molar-refractivity contribution in [2.45, 2.75) is 0 Å². The fourth-order valence-electron chi connectivity index (χ4n) is 0. The van der Waals surface area contributed by atoms with Crippen LogP contribution in [0.3, 0.4) is 0 Å². The number of rotatable bonds is 0. The van der Waals surface area contributed by atoms with Gasteiger partial charge in [-0.3, -0.25) is 0 Å². The van der Waals surface area contributed by atoms with Gasteiger partial charge in [0.1, 0.15) is 0 Å². The van der Waals surface area contributed by atoms with E-state index in [-0.39, 0.29) is 61.1 Å². The second kappa shape index (κ2) is 20.1. The standard InChI is InChI=1S/3Fe.H3P/h;;;1H3. The third-order valence-electron chi connectivity index (χ3n) is 0. The molecule has 0 aliphatic heterocycles. The van der Waals surface area contributed by atoms with Gasteiger partial charge in [0, 0.05) is 51.2 Å². The third-order valence-corrected chi connectivity index (χ3v) is 0. The molecular formula is H3Fe3P. The summed E-state index contributed by atoms with van der Waals surface area (Å²) < 4.78 is 0. The fourth-order valence-corrected chi connectivity index (χ4v) is 0. The van der Waals surface area contributed by atoms with Crippen LogP contribution in [0.5, 0.6) is 0 Å². The van der Waals surface area contributed by atoms with Gasteiger partial charge in [0.05, 0.1) is 0 Å². The van der Waals surface area contributed by atoms with Crippen molar-refractivity contribution in [2.75, 3.05) is 0 Å². The molecule has 1 unspecified atom stereocenters. The zero-order chi connectivity index (χ0) is 0. The van der Waals surface area contributed by atoms with Gasteiger partial charge in [0.15, 0.2) is 0 Å². The van der Waals surface area contributed by atoms with Crippen LogP contribution < -0.4 is 0 Å². The van der Waals surface area contributed by atoms with Gasteiger partial charge in [-0.15, -0.1) is 0 Å². The first-order valence-electron chi connectivity index (χ1n) is 0. The molecule has 1 atom stereocenters. The summed E-state index contributed by atoms with van der Waals surface area (Å²) in [5.74, 6) is 0. The van der Waals surface area contributed by atoms with E-state index in [2.05, 4.69) is 0 Å². The van der Waals surface area contributed by atoms with Crippen LogP contribution in [-0.4, -0.2) is 0 Å². The Morgan fingerprint density at radius 3 is 0.500 bits per heavy atom. The SMILES string of the molecule is P.[Fe].[Fe].[Fe]. The van der Waals surface area contributed by atoms with Gasteiger partial charge in [-0.25, -0.2) is 0 Å². The minimum atomic E-state index is 0. The molecule has 0 heterocycles. The molecule has 0 saturated heterocycles. The molecule has 0 aliphatic rings. The molecule has 0 fully saturated rings. The van der Waals surface area contributed by atoms with Crippen LogP contribution in [-0.2, 0) is 51.2 Å². The predicted octanol–water partition coefficient (Wildman–Crippen LogP) is 0.0506. The van der Waals surface area contributed by atoms with E-state index in [4.69, 9.17) is 0 Å². The molecule has 4 heavy (non-hydrogen) atoms. The molecular weight excluding hydrogens is 199 g/mol. The van der Waals surface area contributed by atoms with Crippen LogP contribution in [0.4, 0.5) is 0 Å². The summed E-state index contributed by atoms with van der Waals surface area (Å²) >= 11 is 0. The summed E-state index contributed by atoms with van der Waals surface area (Å²) in [4.78, 5) is 0. The molecule has 4 heteroatoms. The molecule has 0 amide bonds. The fraction of sp³-hybridized carbons (Fsp3) is 0. The topological polar surface area (TPSA) is 0 Å². The molecule has 0 rings (SSSR count). The monoisotopic (exact) mass is 202 g/mol. The van der Waals surface area contributed by atoms with E-state index in [1.54, 1.807) is 0 Å². The maximum atomic E-state index is 0. The molecule has 0 radical (unpaired) electrons. The van der Waals surface area contributed by atoms with Crippen molar-refractivity contribution in [3.63, 3.8) is 0 Å². The second-order valence-electron chi connectivity index (χ2n) is 0. The first kappa shape index (κ1) is 37.7. The van der Waals surface area contributed by atoms with Crippen molar-refractivity contribution in [1.82, 2.24) is 0 Å². The Kier molecular flexibility index (Phi) is 189. The molecule has 0 saturated carbocycles. The van der Waals surface area contributed by atoms with Crippen LogP contribution in [0.25, 0.3) is 0 Å². The van der Waals surface area contributed by atoms with Gasteiger partial charge in [-0.2, -0.15) is 9.90 Å². The minimum Gasteiger partial charge on any atom is -0.153 e. The molecule has 0 aliphatic carbocycles. The van der Waals surface area contributed by atoms with E-state index in [1.807, 2.05) is 0 Å². The first-order chi connectivity index (χ1) is 0. The van der Waals surface area contributed by atoms with Crippen LogP contribution in [0.15, 0.2) is 0 Å². The Labute approximate surface area is 60.9 Å². The first-order valence-corrected chi connectivity index (χ1v) is 0. The van der Waals surface area contributed by atoms with Crippen LogP contribution in [0.2, 0.25) is 0 Å². The molecule has 0 nitrogen and oxygen atoms in total. The smallest absolute Gasteiger partial charge is 0 e. The summed E-state index contributed by atoms with van der Waals surface area (Å²) in [5, 5.41) is 0. The molecule has 0 aromatic rings. The molecule has 0 N–H and O–H groups in total. The average molecular weight is 202 g/mol. The summed E-state index contributed by atoms with van der Waals surface area (Å²) in [6.07, 6.45) is 0. The van der Waals surface area contributed by atoms with Gasteiger partial charge in [0.2, 0.25) is 0 Å². The average Bonchev–Trinajstić information content (AvgIpc) is 0. The van der Waals surface area contributed by atoms with E-state index in [0.29, 0.717) is 0 Å². The van der Waals surface area contributed by atoms with Crippen LogP contribution >= 0.6 is 9.90 Å². The Balaban J connectivity index is 0. The Morgan fingerprint density at radius 1 is 0.500 bits per heavy atom. The van der Waals surface area contributed by atoms with Crippen molar-refractivity contribution in [3.05, 3.63) is 0 Å². The molecule has 0 spiro atoms. The molecule has 0 bridgehead atoms. The summed E-state index contributed by atoms with van der Waals surface area (Å²) in [7, 11) is 0. The predicted molar refractivity (Wildman–Crippen MR) is 11.1 cm³/mol. The van der Waals surface area contributed by atoms with Crippen molar-refractivity contribution in [1.29, 1.82) is 0 Å². The van der Waals surface area contributed by atoms with E-state index in [1.165, 1.54) is 0 Å². The Morgan fingerprint density at radius 2 is 0.500 bits per heavy atom. The third kappa shape index (κ3) is 9.01. The second-order valence-corrected chi connectivity index (χ2v) is 0. The van der Waals surface area contributed by atoms with Gasteiger partial charge in [-0.1, -0.05) is 0 Å². The quantitative estimate of drug-likeness (QED) is 0.384. The Hall–Kier alpha value is 1.99. The normalized spacial score (nSPS) is 0. The van der Waals surface area contributed by atoms with E-state index >= 15 is 0 Å². The summed E-state index contributed by atoms with van der Waals surface area (Å²) in [6.45, 7) is 0. The Bertz CT molecular complexity index is 3.25. The summed E-state index contributed by atoms with van der Waals surface area (Å²) in [5.41, 5.74) is 0. The molecule has 0 aromatic carbocycles. The van der Waals surface area contributed by atoms with E-state index in [9.17, 15) is 0 Å². The number of hydrogen-bond donors (Lipinski definition) is 0. The van der Waals surface area contributed by atoms with E-state index in [0.717, 1.165) is 0 Å². The molecule has 32 valence electrons. The van der Waals surface area contributed by atoms with E-state index < -0.39 is 0 Å². The number of hydrogen-bond acceptors (Lipinski definition) is 0. The van der Waals surface area contributed by atoms with Gasteiger partial charge in [0.25, 0.3) is 0 Å². The van der Waals surface area contributed by atoms with Crippen molar-refractivity contribution < 1.29 is 51.2 Å². The van der Waals surface area contributed by atoms with Gasteiger partial charge in [-0.05, 0) is 0 Å². The van der Waals surface area contributed by atoms with Gasteiger partial charge < -0.3 is 0 Å². The van der Waals surface area contributed by atoms with Crippen molar-refractivity contribution in [3.8, 4) is 0 Å². The van der Waals surface area contributed by atoms with Crippen molar-refractivity contribution in [2.24, 2.45) is 0 Å². The van der Waals surface area contributed by atoms with Crippen molar-refractivity contribution >= 4 is 9.90 Å². The maximum Gasteiger partial charge on any atom is 0 e. The maximum absolute atomic E-state index is 0.